The van der Waals surface area contributed by atoms with E-state index >= 15 is 0 Å². The number of carbonyl (C=O) groups is 1. The van der Waals surface area contributed by atoms with Crippen molar-refractivity contribution < 1.29 is 17.9 Å². The van der Waals surface area contributed by atoms with Crippen LogP contribution >= 0.6 is 0 Å². The summed E-state index contributed by atoms with van der Waals surface area (Å²) in [4.78, 5) is 13.7. The molecule has 0 aromatic rings. The van der Waals surface area contributed by atoms with Crippen molar-refractivity contribution >= 4 is 15.9 Å². The molecule has 1 saturated heterocycles. The molecular formula is C12H24N2O4S. The van der Waals surface area contributed by atoms with Crippen LogP contribution in [0.4, 0.5) is 0 Å². The Morgan fingerprint density at radius 2 is 1.79 bits per heavy atom. The zero-order valence-corrected chi connectivity index (χ0v) is 13.0. The first kappa shape index (κ1) is 16.4. The van der Waals surface area contributed by atoms with Gasteiger partial charge in [0.05, 0.1) is 19.5 Å². The summed E-state index contributed by atoms with van der Waals surface area (Å²) in [5.41, 5.74) is -0.515. The van der Waals surface area contributed by atoms with E-state index in [1.807, 2.05) is 20.8 Å². The van der Waals surface area contributed by atoms with E-state index in [1.54, 1.807) is 4.90 Å². The van der Waals surface area contributed by atoms with Gasteiger partial charge in [0.25, 0.3) is 0 Å². The summed E-state index contributed by atoms with van der Waals surface area (Å²) in [5.74, 6) is -0.0128. The molecule has 0 atom stereocenters. The van der Waals surface area contributed by atoms with Crippen LogP contribution < -0.4 is 0 Å². The fraction of sp³-hybridized carbons (Fsp3) is 0.917. The van der Waals surface area contributed by atoms with Gasteiger partial charge in [0.2, 0.25) is 15.9 Å². The summed E-state index contributed by atoms with van der Waals surface area (Å²) in [5, 5.41) is 0. The lowest BCUT2D eigenvalue weighted by atomic mass is 10.1. The first-order valence-corrected chi connectivity index (χ1v) is 8.30. The molecule has 1 fully saturated rings. The lowest BCUT2D eigenvalue weighted by molar-refractivity contribution is -0.135. The highest BCUT2D eigenvalue weighted by molar-refractivity contribution is 7.88. The smallest absolute Gasteiger partial charge is 0.224 e. The molecule has 6 nitrogen and oxygen atoms in total. The molecule has 0 N–H and O–H groups in total. The molecule has 0 aromatic heterocycles. The fourth-order valence-corrected chi connectivity index (χ4v) is 3.58. The average Bonchev–Trinajstić information content (AvgIpc) is 2.26. The van der Waals surface area contributed by atoms with E-state index in [1.165, 1.54) is 10.6 Å². The van der Waals surface area contributed by atoms with E-state index < -0.39 is 15.6 Å². The van der Waals surface area contributed by atoms with E-state index in [-0.39, 0.29) is 18.9 Å². The number of hydrogen-bond acceptors (Lipinski definition) is 4. The van der Waals surface area contributed by atoms with Gasteiger partial charge in [0.1, 0.15) is 0 Å². The summed E-state index contributed by atoms with van der Waals surface area (Å²) < 4.78 is 30.1. The highest BCUT2D eigenvalue weighted by Gasteiger charge is 2.30. The van der Waals surface area contributed by atoms with Crippen molar-refractivity contribution in [3.63, 3.8) is 0 Å². The zero-order chi connectivity index (χ0) is 14.7. The number of nitrogens with zero attached hydrogens (tertiary/aromatic N) is 2. The normalized spacial score (nSPS) is 17.8. The fourth-order valence-electron chi connectivity index (χ4n) is 2.17. The van der Waals surface area contributed by atoms with Gasteiger partial charge in [0, 0.05) is 31.6 Å². The molecule has 112 valence electrons. The molecule has 0 bridgehead atoms. The number of carbonyl (C=O) groups excluding carboxylic acids is 1. The minimum atomic E-state index is -3.31. The standard InChI is InChI=1S/C12H24N2O4S/c1-12(2,3)14(19(4,16)17)6-5-11(15)13-7-9-18-10-8-13/h5-10H2,1-4H3. The van der Waals surface area contributed by atoms with Crippen molar-refractivity contribution in [1.29, 1.82) is 0 Å². The number of amides is 1. The van der Waals surface area contributed by atoms with Crippen molar-refractivity contribution in [2.24, 2.45) is 0 Å². The van der Waals surface area contributed by atoms with Crippen molar-refractivity contribution in [1.82, 2.24) is 9.21 Å². The quantitative estimate of drug-likeness (QED) is 0.747. The highest BCUT2D eigenvalue weighted by Crippen LogP contribution is 2.18. The van der Waals surface area contributed by atoms with Crippen LogP contribution in [0.1, 0.15) is 27.2 Å². The summed E-state index contributed by atoms with van der Waals surface area (Å²) in [6.45, 7) is 7.99. The van der Waals surface area contributed by atoms with E-state index in [0.717, 1.165) is 0 Å². The maximum atomic E-state index is 12.0. The van der Waals surface area contributed by atoms with Crippen LogP contribution in [0.25, 0.3) is 0 Å². The van der Waals surface area contributed by atoms with Crippen LogP contribution in [0.2, 0.25) is 0 Å². The molecule has 1 aliphatic heterocycles. The highest BCUT2D eigenvalue weighted by atomic mass is 32.2. The lowest BCUT2D eigenvalue weighted by Gasteiger charge is -2.34. The average molecular weight is 292 g/mol. The van der Waals surface area contributed by atoms with E-state index in [9.17, 15) is 13.2 Å². The number of rotatable bonds is 4. The van der Waals surface area contributed by atoms with Crippen LogP contribution in [0.3, 0.4) is 0 Å². The molecule has 0 saturated carbocycles. The van der Waals surface area contributed by atoms with Gasteiger partial charge in [-0.3, -0.25) is 4.79 Å². The molecule has 7 heteroatoms. The third-order valence-corrected chi connectivity index (χ3v) is 4.57. The molecule has 0 unspecified atom stereocenters. The van der Waals surface area contributed by atoms with Gasteiger partial charge in [-0.05, 0) is 20.8 Å². The Morgan fingerprint density at radius 1 is 1.26 bits per heavy atom. The second kappa shape index (κ2) is 6.19. The number of sulfonamides is 1. The van der Waals surface area contributed by atoms with E-state index in [0.29, 0.717) is 26.3 Å². The second-order valence-corrected chi connectivity index (χ2v) is 7.66. The van der Waals surface area contributed by atoms with E-state index in [2.05, 4.69) is 0 Å². The SMILES string of the molecule is CC(C)(C)N(CCC(=O)N1CCOCC1)S(C)(=O)=O. The maximum absolute atomic E-state index is 12.0. The predicted molar refractivity (Wildman–Crippen MR) is 73.3 cm³/mol. The molecule has 1 rings (SSSR count). The van der Waals surface area contributed by atoms with Gasteiger partial charge in [0.15, 0.2) is 0 Å². The van der Waals surface area contributed by atoms with Crippen LogP contribution in [0.15, 0.2) is 0 Å². The van der Waals surface area contributed by atoms with Crippen LogP contribution in [0.5, 0.6) is 0 Å². The topological polar surface area (TPSA) is 66.9 Å². The van der Waals surface area contributed by atoms with Crippen molar-refractivity contribution in [3.8, 4) is 0 Å². The molecule has 19 heavy (non-hydrogen) atoms. The van der Waals surface area contributed by atoms with Crippen LogP contribution in [-0.4, -0.2) is 68.2 Å². The Labute approximate surface area is 115 Å². The number of morpholine rings is 1. The van der Waals surface area contributed by atoms with Gasteiger partial charge in [-0.25, -0.2) is 8.42 Å². The first-order valence-electron chi connectivity index (χ1n) is 6.46. The Morgan fingerprint density at radius 3 is 2.21 bits per heavy atom. The Kier molecular flexibility index (Phi) is 5.34. The Bertz CT molecular complexity index is 408. The predicted octanol–water partition coefficient (Wildman–Crippen LogP) is 0.295. The molecule has 1 amide bonds. The summed E-state index contributed by atoms with van der Waals surface area (Å²) in [6, 6.07) is 0. The number of hydrogen-bond donors (Lipinski definition) is 0. The second-order valence-electron chi connectivity index (χ2n) is 5.75. The van der Waals surface area contributed by atoms with Gasteiger partial charge in [-0.1, -0.05) is 0 Å². The summed E-state index contributed by atoms with van der Waals surface area (Å²) in [6.07, 6.45) is 1.39. The molecular weight excluding hydrogens is 268 g/mol. The minimum absolute atomic E-state index is 0.0128. The Hall–Kier alpha value is -0.660. The maximum Gasteiger partial charge on any atom is 0.224 e. The zero-order valence-electron chi connectivity index (χ0n) is 12.2. The molecule has 0 aliphatic carbocycles. The molecule has 1 heterocycles. The van der Waals surface area contributed by atoms with Gasteiger partial charge >= 0.3 is 0 Å². The summed E-state index contributed by atoms with van der Waals surface area (Å²) >= 11 is 0. The van der Waals surface area contributed by atoms with Crippen molar-refractivity contribution in [3.05, 3.63) is 0 Å². The third-order valence-electron chi connectivity index (χ3n) is 3.04. The van der Waals surface area contributed by atoms with Gasteiger partial charge in [-0.15, -0.1) is 0 Å². The largest absolute Gasteiger partial charge is 0.378 e. The molecule has 0 spiro atoms. The van der Waals surface area contributed by atoms with Crippen molar-refractivity contribution in [2.45, 2.75) is 32.7 Å². The van der Waals surface area contributed by atoms with Gasteiger partial charge < -0.3 is 9.64 Å². The number of ether oxygens (including phenoxy) is 1. The molecule has 1 aliphatic rings. The summed E-state index contributed by atoms with van der Waals surface area (Å²) in [7, 11) is -3.31. The molecule has 0 aromatic carbocycles. The Balaban J connectivity index is 2.59. The first-order chi connectivity index (χ1) is 8.62. The van der Waals surface area contributed by atoms with Gasteiger partial charge in [-0.2, -0.15) is 4.31 Å². The van der Waals surface area contributed by atoms with Crippen LogP contribution in [0, 0.1) is 0 Å². The minimum Gasteiger partial charge on any atom is -0.378 e. The third kappa shape index (κ3) is 5.08. The van der Waals surface area contributed by atoms with Crippen LogP contribution in [-0.2, 0) is 19.6 Å². The van der Waals surface area contributed by atoms with Crippen molar-refractivity contribution in [2.75, 3.05) is 39.1 Å². The monoisotopic (exact) mass is 292 g/mol. The lowest BCUT2D eigenvalue weighted by Crippen LogP contribution is -2.47. The molecule has 0 radical (unpaired) electrons. The van der Waals surface area contributed by atoms with E-state index in [4.69, 9.17) is 4.74 Å².